The van der Waals surface area contributed by atoms with Gasteiger partial charge in [-0.15, -0.1) is 0 Å². The van der Waals surface area contributed by atoms with Gasteiger partial charge in [-0.05, 0) is 33.3 Å². The number of carbonyl (C=O) groups excluding carboxylic acids is 1. The van der Waals surface area contributed by atoms with Gasteiger partial charge in [0.05, 0.1) is 6.54 Å². The molecule has 0 aromatic heterocycles. The van der Waals surface area contributed by atoms with Gasteiger partial charge in [-0.2, -0.15) is 0 Å². The van der Waals surface area contributed by atoms with Crippen LogP contribution in [-0.2, 0) is 17.8 Å². The maximum absolute atomic E-state index is 11.6. The lowest BCUT2D eigenvalue weighted by Gasteiger charge is -2.18. The average Bonchev–Trinajstić information content (AvgIpc) is 2.63. The molecule has 4 nitrogen and oxygen atoms in total. The normalized spacial score (nSPS) is 15.8. The van der Waals surface area contributed by atoms with E-state index in [0.717, 1.165) is 17.7 Å². The van der Waals surface area contributed by atoms with Crippen LogP contribution in [0.2, 0.25) is 0 Å². The Morgan fingerprint density at radius 2 is 2.15 bits per heavy atom. The minimum absolute atomic E-state index is 0.0221. The van der Waals surface area contributed by atoms with Crippen molar-refractivity contribution in [3.63, 3.8) is 0 Å². The van der Waals surface area contributed by atoms with Crippen LogP contribution in [0.25, 0.3) is 0 Å². The minimum Gasteiger partial charge on any atom is -0.487 e. The molecule has 20 heavy (non-hydrogen) atoms. The molecule has 1 amide bonds. The molecule has 0 fully saturated rings. The van der Waals surface area contributed by atoms with E-state index in [1.54, 1.807) is 0 Å². The lowest BCUT2D eigenvalue weighted by atomic mass is 10.0. The number of amides is 1. The second-order valence-electron chi connectivity index (χ2n) is 6.27. The molecule has 0 bridgehead atoms. The van der Waals surface area contributed by atoms with E-state index in [4.69, 9.17) is 4.74 Å². The summed E-state index contributed by atoms with van der Waals surface area (Å²) >= 11 is 0. The van der Waals surface area contributed by atoms with Crippen LogP contribution in [0.1, 0.15) is 38.8 Å². The van der Waals surface area contributed by atoms with Gasteiger partial charge in [0, 0.05) is 24.6 Å². The Labute approximate surface area is 120 Å². The third kappa shape index (κ3) is 3.73. The summed E-state index contributed by atoms with van der Waals surface area (Å²) in [5.41, 5.74) is 2.24. The molecule has 1 aliphatic heterocycles. The molecular formula is C16H24N2O2. The molecule has 110 valence electrons. The molecule has 0 spiro atoms. The van der Waals surface area contributed by atoms with Crippen molar-refractivity contribution in [1.29, 1.82) is 0 Å². The Morgan fingerprint density at radius 1 is 1.40 bits per heavy atom. The van der Waals surface area contributed by atoms with Crippen LogP contribution in [-0.4, -0.2) is 24.1 Å². The molecule has 0 atom stereocenters. The first kappa shape index (κ1) is 14.9. The van der Waals surface area contributed by atoms with Crippen LogP contribution in [0.3, 0.4) is 0 Å². The van der Waals surface area contributed by atoms with Crippen molar-refractivity contribution in [3.8, 4) is 5.75 Å². The molecule has 1 aromatic carbocycles. The predicted molar refractivity (Wildman–Crippen MR) is 79.8 cm³/mol. The zero-order chi connectivity index (χ0) is 14.8. The summed E-state index contributed by atoms with van der Waals surface area (Å²) in [6.07, 6.45) is 0.935. The van der Waals surface area contributed by atoms with Crippen LogP contribution >= 0.6 is 0 Å². The minimum atomic E-state index is -0.131. The van der Waals surface area contributed by atoms with E-state index in [0.29, 0.717) is 13.1 Å². The Kier molecular flexibility index (Phi) is 4.33. The number of carbonyl (C=O) groups is 1. The highest BCUT2D eigenvalue weighted by Crippen LogP contribution is 2.37. The second kappa shape index (κ2) is 5.83. The van der Waals surface area contributed by atoms with Gasteiger partial charge >= 0.3 is 0 Å². The Bertz CT molecular complexity index is 495. The van der Waals surface area contributed by atoms with Gasteiger partial charge in [0.25, 0.3) is 0 Å². The molecule has 0 unspecified atom stereocenters. The fourth-order valence-electron chi connectivity index (χ4n) is 2.50. The highest BCUT2D eigenvalue weighted by atomic mass is 16.5. The number of hydrogen-bond donors (Lipinski definition) is 2. The van der Waals surface area contributed by atoms with Crippen molar-refractivity contribution >= 4 is 5.91 Å². The first-order chi connectivity index (χ1) is 9.37. The Hall–Kier alpha value is -1.55. The lowest BCUT2D eigenvalue weighted by Crippen LogP contribution is -2.37. The molecule has 0 aliphatic carbocycles. The van der Waals surface area contributed by atoms with Gasteiger partial charge in [-0.25, -0.2) is 0 Å². The van der Waals surface area contributed by atoms with E-state index in [1.165, 1.54) is 5.56 Å². The van der Waals surface area contributed by atoms with E-state index in [-0.39, 0.29) is 17.6 Å². The van der Waals surface area contributed by atoms with E-state index in [9.17, 15) is 4.79 Å². The predicted octanol–water partition coefficient (Wildman–Crippen LogP) is 2.01. The van der Waals surface area contributed by atoms with Gasteiger partial charge in [0.15, 0.2) is 0 Å². The molecule has 2 rings (SSSR count). The maximum atomic E-state index is 11.6. The SMILES string of the molecule is CC(C)NC(=O)CNCc1cccc2c1OC(C)(C)C2. The highest BCUT2D eigenvalue weighted by Gasteiger charge is 2.31. The Balaban J connectivity index is 1.92. The van der Waals surface area contributed by atoms with Crippen molar-refractivity contribution in [1.82, 2.24) is 10.6 Å². The molecule has 2 N–H and O–H groups in total. The molecule has 4 heteroatoms. The van der Waals surface area contributed by atoms with E-state index in [1.807, 2.05) is 19.9 Å². The van der Waals surface area contributed by atoms with Gasteiger partial charge in [-0.1, -0.05) is 18.2 Å². The number of nitrogens with one attached hydrogen (secondary N) is 2. The van der Waals surface area contributed by atoms with Crippen LogP contribution in [0.4, 0.5) is 0 Å². The lowest BCUT2D eigenvalue weighted by molar-refractivity contribution is -0.120. The van der Waals surface area contributed by atoms with Crippen molar-refractivity contribution in [3.05, 3.63) is 29.3 Å². The van der Waals surface area contributed by atoms with Crippen LogP contribution in [0, 0.1) is 0 Å². The summed E-state index contributed by atoms with van der Waals surface area (Å²) in [5, 5.41) is 6.03. The second-order valence-corrected chi connectivity index (χ2v) is 6.27. The number of benzene rings is 1. The van der Waals surface area contributed by atoms with Crippen molar-refractivity contribution < 1.29 is 9.53 Å². The number of para-hydroxylation sites is 1. The van der Waals surface area contributed by atoms with Crippen molar-refractivity contribution in [2.45, 2.75) is 52.3 Å². The summed E-state index contributed by atoms with van der Waals surface area (Å²) < 4.78 is 6.01. The summed E-state index contributed by atoms with van der Waals surface area (Å²) in [6.45, 7) is 9.08. The molecule has 1 heterocycles. The summed E-state index contributed by atoms with van der Waals surface area (Å²) in [6, 6.07) is 6.39. The van der Waals surface area contributed by atoms with Gasteiger partial charge in [-0.3, -0.25) is 4.79 Å². The number of ether oxygens (including phenoxy) is 1. The van der Waals surface area contributed by atoms with Crippen LogP contribution in [0.15, 0.2) is 18.2 Å². The fourth-order valence-corrected chi connectivity index (χ4v) is 2.50. The molecule has 0 saturated carbocycles. The van der Waals surface area contributed by atoms with E-state index in [2.05, 4.69) is 36.6 Å². The molecule has 0 radical (unpaired) electrons. The van der Waals surface area contributed by atoms with Crippen molar-refractivity contribution in [2.75, 3.05) is 6.54 Å². The molecular weight excluding hydrogens is 252 g/mol. The monoisotopic (exact) mass is 276 g/mol. The molecule has 1 aromatic rings. The third-order valence-electron chi connectivity index (χ3n) is 3.22. The van der Waals surface area contributed by atoms with E-state index >= 15 is 0 Å². The highest BCUT2D eigenvalue weighted by molar-refractivity contribution is 5.78. The number of hydrogen-bond acceptors (Lipinski definition) is 3. The van der Waals surface area contributed by atoms with Gasteiger partial charge in [0.1, 0.15) is 11.4 Å². The Morgan fingerprint density at radius 3 is 2.85 bits per heavy atom. The van der Waals surface area contributed by atoms with Gasteiger partial charge < -0.3 is 15.4 Å². The summed E-state index contributed by atoms with van der Waals surface area (Å²) in [4.78, 5) is 11.6. The van der Waals surface area contributed by atoms with Crippen LogP contribution in [0.5, 0.6) is 5.75 Å². The van der Waals surface area contributed by atoms with Gasteiger partial charge in [0.2, 0.25) is 5.91 Å². The largest absolute Gasteiger partial charge is 0.487 e. The maximum Gasteiger partial charge on any atom is 0.234 e. The quantitative estimate of drug-likeness (QED) is 0.865. The van der Waals surface area contributed by atoms with E-state index < -0.39 is 0 Å². The molecule has 0 saturated heterocycles. The van der Waals surface area contributed by atoms with Crippen molar-refractivity contribution in [2.24, 2.45) is 0 Å². The standard InChI is InChI=1S/C16H24N2O2/c1-11(2)18-14(19)10-17-9-13-7-5-6-12-8-16(3,4)20-15(12)13/h5-7,11,17H,8-10H2,1-4H3,(H,18,19). The zero-order valence-corrected chi connectivity index (χ0v) is 12.7. The summed E-state index contributed by atoms with van der Waals surface area (Å²) in [5.74, 6) is 1.00. The number of fused-ring (bicyclic) bond motifs is 1. The number of rotatable bonds is 5. The first-order valence-electron chi connectivity index (χ1n) is 7.17. The fraction of sp³-hybridized carbons (Fsp3) is 0.562. The smallest absolute Gasteiger partial charge is 0.234 e. The molecule has 1 aliphatic rings. The van der Waals surface area contributed by atoms with Crippen LogP contribution < -0.4 is 15.4 Å². The first-order valence-corrected chi connectivity index (χ1v) is 7.17. The third-order valence-corrected chi connectivity index (χ3v) is 3.22. The summed E-state index contributed by atoms with van der Waals surface area (Å²) in [7, 11) is 0. The average molecular weight is 276 g/mol. The topological polar surface area (TPSA) is 50.4 Å². The zero-order valence-electron chi connectivity index (χ0n) is 12.7.